The standard InChI is InChI=1S/C35H44N4O4/c1-5-39(28-10-12-42-13-11-28)33-16-27(26-8-6-25(7-9-26)19-38-20-30-17-29(38)21-43-30)15-31(24(33)4)34(40)36-18-32-22(2)14-23(3)37-35(32)41/h6-9,14-16,28-30H,5,10-13,17-21H2,1-4H3,(H,36,40)(H,37,41)/t29?,30-/m0/s1. The summed E-state index contributed by atoms with van der Waals surface area (Å²) in [6, 6.07) is 15.9. The number of aromatic amines is 1. The second-order valence-corrected chi connectivity index (χ2v) is 12.4. The second kappa shape index (κ2) is 12.6. The molecule has 2 atom stereocenters. The van der Waals surface area contributed by atoms with Crippen LogP contribution < -0.4 is 15.8 Å². The van der Waals surface area contributed by atoms with Gasteiger partial charge in [-0.1, -0.05) is 24.3 Å². The molecule has 1 aromatic heterocycles. The van der Waals surface area contributed by atoms with E-state index in [1.54, 1.807) is 0 Å². The summed E-state index contributed by atoms with van der Waals surface area (Å²) in [6.45, 7) is 13.3. The second-order valence-electron chi connectivity index (χ2n) is 12.4. The van der Waals surface area contributed by atoms with Gasteiger partial charge in [0.05, 0.1) is 12.7 Å². The first-order valence-electron chi connectivity index (χ1n) is 15.7. The summed E-state index contributed by atoms with van der Waals surface area (Å²) < 4.78 is 11.4. The molecule has 3 saturated heterocycles. The number of aryl methyl sites for hydroxylation is 2. The van der Waals surface area contributed by atoms with Crippen LogP contribution in [0.2, 0.25) is 0 Å². The molecule has 8 heteroatoms. The summed E-state index contributed by atoms with van der Waals surface area (Å²) in [5.74, 6) is -0.175. The van der Waals surface area contributed by atoms with Crippen molar-refractivity contribution in [1.29, 1.82) is 0 Å². The van der Waals surface area contributed by atoms with Gasteiger partial charge in [-0.2, -0.15) is 0 Å². The number of nitrogens with zero attached hydrogens (tertiary/aromatic N) is 2. The van der Waals surface area contributed by atoms with Crippen LogP contribution in [-0.2, 0) is 22.6 Å². The predicted octanol–water partition coefficient (Wildman–Crippen LogP) is 4.88. The number of hydrogen-bond acceptors (Lipinski definition) is 6. The number of fused-ring (bicyclic) bond motifs is 2. The Labute approximate surface area is 254 Å². The number of ether oxygens (including phenoxy) is 2. The van der Waals surface area contributed by atoms with Crippen molar-refractivity contribution >= 4 is 11.6 Å². The molecule has 4 heterocycles. The Morgan fingerprint density at radius 1 is 1.07 bits per heavy atom. The van der Waals surface area contributed by atoms with Crippen LogP contribution in [-0.4, -0.2) is 66.9 Å². The van der Waals surface area contributed by atoms with Crippen LogP contribution >= 0.6 is 0 Å². The highest BCUT2D eigenvalue weighted by molar-refractivity contribution is 5.99. The van der Waals surface area contributed by atoms with Gasteiger partial charge in [-0.25, -0.2) is 0 Å². The molecule has 0 radical (unpaired) electrons. The number of amides is 1. The minimum atomic E-state index is -0.175. The number of benzene rings is 2. The van der Waals surface area contributed by atoms with Crippen molar-refractivity contribution in [3.05, 3.63) is 86.3 Å². The van der Waals surface area contributed by atoms with E-state index in [0.717, 1.165) is 92.4 Å². The Balaban J connectivity index is 1.30. The predicted molar refractivity (Wildman–Crippen MR) is 170 cm³/mol. The van der Waals surface area contributed by atoms with E-state index in [4.69, 9.17) is 9.47 Å². The number of carbonyl (C=O) groups is 1. The summed E-state index contributed by atoms with van der Waals surface area (Å²) in [5.41, 5.74) is 8.17. The van der Waals surface area contributed by atoms with E-state index in [9.17, 15) is 9.59 Å². The summed E-state index contributed by atoms with van der Waals surface area (Å²) in [5, 5.41) is 3.05. The third-order valence-corrected chi connectivity index (χ3v) is 9.51. The van der Waals surface area contributed by atoms with Crippen LogP contribution in [0.3, 0.4) is 0 Å². The van der Waals surface area contributed by atoms with Gasteiger partial charge in [0.2, 0.25) is 0 Å². The molecule has 0 spiro atoms. The highest BCUT2D eigenvalue weighted by Gasteiger charge is 2.38. The summed E-state index contributed by atoms with van der Waals surface area (Å²) in [7, 11) is 0. The number of hydrogen-bond donors (Lipinski definition) is 2. The molecule has 8 nitrogen and oxygen atoms in total. The first-order valence-corrected chi connectivity index (χ1v) is 15.7. The van der Waals surface area contributed by atoms with Gasteiger partial charge in [0, 0.05) is 74.0 Å². The highest BCUT2D eigenvalue weighted by atomic mass is 16.5. The zero-order valence-corrected chi connectivity index (χ0v) is 25.9. The van der Waals surface area contributed by atoms with Crippen LogP contribution in [0.5, 0.6) is 0 Å². The lowest BCUT2D eigenvalue weighted by molar-refractivity contribution is 0.0273. The molecule has 2 aromatic carbocycles. The summed E-state index contributed by atoms with van der Waals surface area (Å²) in [4.78, 5) is 34.2. The molecule has 0 aliphatic carbocycles. The number of nitrogens with one attached hydrogen (secondary N) is 2. The largest absolute Gasteiger partial charge is 0.381 e. The van der Waals surface area contributed by atoms with Crippen LogP contribution in [0.15, 0.2) is 47.3 Å². The number of H-pyrrole nitrogens is 1. The molecule has 0 saturated carbocycles. The molecular formula is C35H44N4O4. The van der Waals surface area contributed by atoms with Gasteiger partial charge < -0.3 is 24.7 Å². The van der Waals surface area contributed by atoms with Crippen molar-refractivity contribution in [3.63, 3.8) is 0 Å². The topological polar surface area (TPSA) is 86.9 Å². The first kappa shape index (κ1) is 29.6. The molecule has 228 valence electrons. The normalized spacial score (nSPS) is 20.5. The lowest BCUT2D eigenvalue weighted by atomic mass is 9.94. The van der Waals surface area contributed by atoms with Crippen molar-refractivity contribution in [3.8, 4) is 11.1 Å². The molecule has 1 amide bonds. The van der Waals surface area contributed by atoms with Crippen LogP contribution in [0.25, 0.3) is 11.1 Å². The van der Waals surface area contributed by atoms with E-state index in [1.165, 1.54) is 5.56 Å². The number of aromatic nitrogens is 1. The van der Waals surface area contributed by atoms with Gasteiger partial charge in [0.25, 0.3) is 11.5 Å². The maximum absolute atomic E-state index is 13.8. The van der Waals surface area contributed by atoms with Crippen LogP contribution in [0.1, 0.15) is 64.5 Å². The molecule has 6 rings (SSSR count). The number of carbonyl (C=O) groups excluding carboxylic acids is 1. The smallest absolute Gasteiger partial charge is 0.253 e. The van der Waals surface area contributed by atoms with Crippen molar-refractivity contribution < 1.29 is 14.3 Å². The van der Waals surface area contributed by atoms with E-state index >= 15 is 0 Å². The average Bonchev–Trinajstić information content (AvgIpc) is 3.62. The molecule has 2 bridgehead atoms. The quantitative estimate of drug-likeness (QED) is 0.373. The maximum Gasteiger partial charge on any atom is 0.253 e. The van der Waals surface area contributed by atoms with Gasteiger partial charge in [-0.05, 0) is 93.0 Å². The third kappa shape index (κ3) is 6.28. The van der Waals surface area contributed by atoms with Gasteiger partial charge in [-0.3, -0.25) is 14.5 Å². The van der Waals surface area contributed by atoms with Gasteiger partial charge in [0.15, 0.2) is 0 Å². The van der Waals surface area contributed by atoms with Crippen molar-refractivity contribution in [2.24, 2.45) is 0 Å². The lowest BCUT2D eigenvalue weighted by Crippen LogP contribution is -2.40. The summed E-state index contributed by atoms with van der Waals surface area (Å²) in [6.07, 6.45) is 3.47. The third-order valence-electron chi connectivity index (χ3n) is 9.51. The molecule has 3 aliphatic heterocycles. The number of rotatable bonds is 9. The van der Waals surface area contributed by atoms with Gasteiger partial charge >= 0.3 is 0 Å². The first-order chi connectivity index (χ1) is 20.8. The highest BCUT2D eigenvalue weighted by Crippen LogP contribution is 2.35. The average molecular weight is 585 g/mol. The zero-order chi connectivity index (χ0) is 30.1. The van der Waals surface area contributed by atoms with E-state index < -0.39 is 0 Å². The Bertz CT molecular complexity index is 1530. The lowest BCUT2D eigenvalue weighted by Gasteiger charge is -2.37. The Morgan fingerprint density at radius 2 is 1.84 bits per heavy atom. The van der Waals surface area contributed by atoms with Crippen molar-refractivity contribution in [1.82, 2.24) is 15.2 Å². The number of anilines is 1. The summed E-state index contributed by atoms with van der Waals surface area (Å²) >= 11 is 0. The van der Waals surface area contributed by atoms with Crippen LogP contribution in [0, 0.1) is 20.8 Å². The number of morpholine rings is 1. The molecule has 1 unspecified atom stereocenters. The van der Waals surface area contributed by atoms with E-state index in [-0.39, 0.29) is 18.0 Å². The minimum Gasteiger partial charge on any atom is -0.381 e. The Morgan fingerprint density at radius 3 is 2.49 bits per heavy atom. The fourth-order valence-corrected chi connectivity index (χ4v) is 7.10. The van der Waals surface area contributed by atoms with Gasteiger partial charge in [0.1, 0.15) is 0 Å². The Kier molecular flexibility index (Phi) is 8.71. The molecule has 3 aromatic rings. The maximum atomic E-state index is 13.8. The molecule has 3 fully saturated rings. The minimum absolute atomic E-state index is 0.157. The van der Waals surface area contributed by atoms with Crippen molar-refractivity contribution in [2.45, 2.75) is 78.2 Å². The fourth-order valence-electron chi connectivity index (χ4n) is 7.10. The van der Waals surface area contributed by atoms with Crippen molar-refractivity contribution in [2.75, 3.05) is 37.8 Å². The number of likely N-dealkylation sites (tertiary alicyclic amines) is 1. The molecular weight excluding hydrogens is 540 g/mol. The van der Waals surface area contributed by atoms with Crippen LogP contribution in [0.4, 0.5) is 5.69 Å². The SMILES string of the molecule is CCN(c1cc(-c2ccc(CN3C[C@@H]4CC3CO4)cc2)cc(C(=O)NCc2c(C)cc(C)[nH]c2=O)c1C)C1CCOCC1. The molecule has 2 N–H and O–H groups in total. The Hall–Kier alpha value is -3.46. The van der Waals surface area contributed by atoms with E-state index in [2.05, 4.69) is 57.4 Å². The number of pyridine rings is 1. The van der Waals surface area contributed by atoms with E-state index in [1.807, 2.05) is 32.9 Å². The zero-order valence-electron chi connectivity index (χ0n) is 25.9. The van der Waals surface area contributed by atoms with E-state index in [0.29, 0.717) is 29.3 Å². The molecule has 43 heavy (non-hydrogen) atoms. The molecule has 3 aliphatic rings. The fraction of sp³-hybridized carbons (Fsp3) is 0.486. The monoisotopic (exact) mass is 584 g/mol. The van der Waals surface area contributed by atoms with Gasteiger partial charge in [-0.15, -0.1) is 0 Å².